The highest BCUT2D eigenvalue weighted by Gasteiger charge is 2.46. The van der Waals surface area contributed by atoms with Crippen molar-refractivity contribution < 1.29 is 27.5 Å². The zero-order valence-electron chi connectivity index (χ0n) is 20.8. The molecular weight excluding hydrogens is 459 g/mol. The van der Waals surface area contributed by atoms with Crippen LogP contribution in [-0.4, -0.2) is 45.9 Å². The SMILES string of the molecule is CC(=O)c1cc2n(c1)CC(C)(C)NC21CCN(C(=O)c2ccc(OC(C)C)c(C(F)(F)F)c2)CC1. The third-order valence-corrected chi connectivity index (χ3v) is 6.74. The highest BCUT2D eigenvalue weighted by Crippen LogP contribution is 2.41. The van der Waals surface area contributed by atoms with Crippen LogP contribution in [0.25, 0.3) is 0 Å². The minimum absolute atomic E-state index is 0.00201. The van der Waals surface area contributed by atoms with Crippen LogP contribution in [0.4, 0.5) is 13.2 Å². The van der Waals surface area contributed by atoms with Crippen LogP contribution in [0.2, 0.25) is 0 Å². The lowest BCUT2D eigenvalue weighted by Crippen LogP contribution is -2.63. The molecule has 2 aromatic rings. The lowest BCUT2D eigenvalue weighted by atomic mass is 9.79. The Morgan fingerprint density at radius 3 is 2.31 bits per heavy atom. The molecule has 0 unspecified atom stereocenters. The number of benzene rings is 1. The molecule has 35 heavy (non-hydrogen) atoms. The van der Waals surface area contributed by atoms with E-state index in [0.29, 0.717) is 38.0 Å². The first-order chi connectivity index (χ1) is 16.2. The van der Waals surface area contributed by atoms with Crippen molar-refractivity contribution in [1.82, 2.24) is 14.8 Å². The van der Waals surface area contributed by atoms with Crippen molar-refractivity contribution in [3.05, 3.63) is 52.8 Å². The number of hydrogen-bond acceptors (Lipinski definition) is 4. The molecule has 0 atom stereocenters. The zero-order valence-corrected chi connectivity index (χ0v) is 20.8. The van der Waals surface area contributed by atoms with Gasteiger partial charge in [0.1, 0.15) is 5.75 Å². The van der Waals surface area contributed by atoms with E-state index >= 15 is 0 Å². The van der Waals surface area contributed by atoms with E-state index in [1.165, 1.54) is 12.1 Å². The van der Waals surface area contributed by atoms with Crippen LogP contribution in [0.1, 0.15) is 79.4 Å². The number of ether oxygens (including phenoxy) is 1. The molecule has 2 aliphatic rings. The van der Waals surface area contributed by atoms with Gasteiger partial charge in [-0.1, -0.05) is 0 Å². The molecular formula is C26H32F3N3O3. The van der Waals surface area contributed by atoms with Gasteiger partial charge in [0.25, 0.3) is 5.91 Å². The maximum Gasteiger partial charge on any atom is 0.419 e. The van der Waals surface area contributed by atoms with E-state index in [0.717, 1.165) is 11.8 Å². The van der Waals surface area contributed by atoms with Gasteiger partial charge in [0.05, 0.1) is 17.2 Å². The molecule has 1 N–H and O–H groups in total. The largest absolute Gasteiger partial charge is 0.490 e. The van der Waals surface area contributed by atoms with Crippen LogP contribution in [0, 0.1) is 0 Å². The number of nitrogens with zero attached hydrogens (tertiary/aromatic N) is 2. The van der Waals surface area contributed by atoms with Crippen LogP contribution < -0.4 is 10.1 Å². The molecule has 0 aliphatic carbocycles. The predicted molar refractivity (Wildman–Crippen MR) is 126 cm³/mol. The highest BCUT2D eigenvalue weighted by atomic mass is 19.4. The number of hydrogen-bond donors (Lipinski definition) is 1. The third-order valence-electron chi connectivity index (χ3n) is 6.74. The summed E-state index contributed by atoms with van der Waals surface area (Å²) in [5, 5.41) is 3.74. The fraction of sp³-hybridized carbons (Fsp3) is 0.538. The standard InChI is InChI=1S/C26H32F3N3O3/c1-16(2)35-21-7-6-18(12-20(21)26(27,28)29)23(34)31-10-8-25(9-11-31)22-13-19(17(3)33)14-32(22)15-24(4,5)30-25/h6-7,12-14,16,30H,8-11,15H2,1-5H3. The number of Topliss-reactive ketones (excluding diaryl/α,β-unsaturated/α-hetero) is 1. The molecule has 3 heterocycles. The molecule has 0 bridgehead atoms. The molecule has 4 rings (SSSR count). The molecule has 1 spiro atoms. The molecule has 1 aromatic heterocycles. The first-order valence-corrected chi connectivity index (χ1v) is 11.9. The summed E-state index contributed by atoms with van der Waals surface area (Å²) in [6.07, 6.45) is -2.00. The molecule has 190 valence electrons. The fourth-order valence-corrected chi connectivity index (χ4v) is 5.31. The lowest BCUT2D eigenvalue weighted by Gasteiger charge is -2.51. The van der Waals surface area contributed by atoms with Crippen LogP contribution in [0.5, 0.6) is 5.75 Å². The normalized spacial score (nSPS) is 19.1. The Hall–Kier alpha value is -2.81. The molecule has 1 amide bonds. The number of fused-ring (bicyclic) bond motifs is 2. The highest BCUT2D eigenvalue weighted by molar-refractivity contribution is 5.95. The minimum Gasteiger partial charge on any atom is -0.490 e. The van der Waals surface area contributed by atoms with Crippen molar-refractivity contribution in [1.29, 1.82) is 0 Å². The predicted octanol–water partition coefficient (Wildman–Crippen LogP) is 5.01. The second kappa shape index (κ2) is 8.69. The molecule has 1 fully saturated rings. The quantitative estimate of drug-likeness (QED) is 0.611. The number of alkyl halides is 3. The maximum absolute atomic E-state index is 13.7. The molecule has 0 radical (unpaired) electrons. The van der Waals surface area contributed by atoms with Gasteiger partial charge in [-0.15, -0.1) is 0 Å². The number of carbonyl (C=O) groups is 2. The van der Waals surface area contributed by atoms with Gasteiger partial charge in [-0.05, 0) is 71.7 Å². The number of carbonyl (C=O) groups excluding carboxylic acids is 2. The van der Waals surface area contributed by atoms with Crippen molar-refractivity contribution in [2.75, 3.05) is 13.1 Å². The summed E-state index contributed by atoms with van der Waals surface area (Å²) >= 11 is 0. The van der Waals surface area contributed by atoms with Crippen molar-refractivity contribution in [3.63, 3.8) is 0 Å². The molecule has 1 aromatic carbocycles. The Kier molecular flexibility index (Phi) is 6.28. The summed E-state index contributed by atoms with van der Waals surface area (Å²) in [5.41, 5.74) is 0.0714. The van der Waals surface area contributed by atoms with E-state index in [4.69, 9.17) is 4.74 Å². The summed E-state index contributed by atoms with van der Waals surface area (Å²) in [6.45, 7) is 10.5. The smallest absolute Gasteiger partial charge is 0.419 e. The number of amides is 1. The van der Waals surface area contributed by atoms with Gasteiger partial charge >= 0.3 is 6.18 Å². The average molecular weight is 492 g/mol. The minimum atomic E-state index is -4.64. The summed E-state index contributed by atoms with van der Waals surface area (Å²) in [7, 11) is 0. The van der Waals surface area contributed by atoms with Crippen LogP contribution >= 0.6 is 0 Å². The topological polar surface area (TPSA) is 63.6 Å². The van der Waals surface area contributed by atoms with E-state index in [9.17, 15) is 22.8 Å². The van der Waals surface area contributed by atoms with E-state index in [1.807, 2.05) is 12.3 Å². The maximum atomic E-state index is 13.7. The van der Waals surface area contributed by atoms with Gasteiger partial charge in [-0.25, -0.2) is 0 Å². The van der Waals surface area contributed by atoms with Gasteiger partial charge in [0.2, 0.25) is 0 Å². The van der Waals surface area contributed by atoms with Crippen molar-refractivity contribution in [3.8, 4) is 5.75 Å². The summed E-state index contributed by atoms with van der Waals surface area (Å²) in [5.74, 6) is -0.716. The Balaban J connectivity index is 1.57. The lowest BCUT2D eigenvalue weighted by molar-refractivity contribution is -0.139. The second-order valence-corrected chi connectivity index (χ2v) is 10.6. The zero-order chi connectivity index (χ0) is 25.8. The van der Waals surface area contributed by atoms with Gasteiger partial charge in [-0.2, -0.15) is 13.2 Å². The van der Waals surface area contributed by atoms with Crippen LogP contribution in [-0.2, 0) is 18.3 Å². The number of rotatable bonds is 4. The number of aromatic nitrogens is 1. The van der Waals surface area contributed by atoms with E-state index in [2.05, 4.69) is 23.7 Å². The Morgan fingerprint density at radius 2 is 1.74 bits per heavy atom. The first-order valence-electron chi connectivity index (χ1n) is 11.9. The van der Waals surface area contributed by atoms with Crippen molar-refractivity contribution in [2.45, 2.75) is 77.4 Å². The molecule has 1 saturated heterocycles. The summed E-state index contributed by atoms with van der Waals surface area (Å²) < 4.78 is 48.4. The summed E-state index contributed by atoms with van der Waals surface area (Å²) in [4.78, 5) is 26.8. The van der Waals surface area contributed by atoms with Gasteiger partial charge < -0.3 is 14.2 Å². The van der Waals surface area contributed by atoms with Crippen molar-refractivity contribution >= 4 is 11.7 Å². The Bertz CT molecular complexity index is 1140. The third kappa shape index (κ3) is 4.96. The van der Waals surface area contributed by atoms with Gasteiger partial charge in [0.15, 0.2) is 5.78 Å². The van der Waals surface area contributed by atoms with Crippen LogP contribution in [0.3, 0.4) is 0 Å². The van der Waals surface area contributed by atoms with E-state index < -0.39 is 29.3 Å². The Morgan fingerprint density at radius 1 is 1.09 bits per heavy atom. The number of halogens is 3. The number of likely N-dealkylation sites (tertiary alicyclic amines) is 1. The number of nitrogens with one attached hydrogen (secondary N) is 1. The fourth-order valence-electron chi connectivity index (χ4n) is 5.31. The average Bonchev–Trinajstić information content (AvgIpc) is 3.17. The second-order valence-electron chi connectivity index (χ2n) is 10.6. The molecule has 6 nitrogen and oxygen atoms in total. The van der Waals surface area contributed by atoms with E-state index in [1.54, 1.807) is 25.7 Å². The molecule has 2 aliphatic heterocycles. The summed E-state index contributed by atoms with van der Waals surface area (Å²) in [6, 6.07) is 5.43. The van der Waals surface area contributed by atoms with Gasteiger partial charge in [0, 0.05) is 48.2 Å². The molecule has 0 saturated carbocycles. The number of ketones is 1. The van der Waals surface area contributed by atoms with Crippen LogP contribution in [0.15, 0.2) is 30.5 Å². The monoisotopic (exact) mass is 491 g/mol. The molecule has 9 heteroatoms. The van der Waals surface area contributed by atoms with Crippen molar-refractivity contribution in [2.24, 2.45) is 0 Å². The van der Waals surface area contributed by atoms with Gasteiger partial charge in [-0.3, -0.25) is 14.9 Å². The first kappa shape index (κ1) is 25.3. The van der Waals surface area contributed by atoms with E-state index in [-0.39, 0.29) is 22.6 Å². The number of piperidine rings is 1. The Labute approximate surface area is 203 Å².